The summed E-state index contributed by atoms with van der Waals surface area (Å²) < 4.78 is 35.8. The van der Waals surface area contributed by atoms with Crippen LogP contribution in [0.1, 0.15) is 85.5 Å². The number of rotatable bonds is 15. The van der Waals surface area contributed by atoms with Gasteiger partial charge in [0, 0.05) is 61.0 Å². The van der Waals surface area contributed by atoms with Crippen LogP contribution in [0.25, 0.3) is 22.2 Å². The summed E-state index contributed by atoms with van der Waals surface area (Å²) >= 11 is -2.58. The smallest absolute Gasteiger partial charge is 0.264 e. The molecule has 3 aromatic rings. The van der Waals surface area contributed by atoms with Gasteiger partial charge >= 0.3 is 0 Å². The normalized spacial score (nSPS) is 24.1. The molecule has 7 rings (SSSR count). The van der Waals surface area contributed by atoms with E-state index < -0.39 is 58.0 Å². The van der Waals surface area contributed by atoms with Crippen LogP contribution in [-0.2, 0) is 30.4 Å². The molecular weight excluding hydrogens is 783 g/mol. The number of amides is 4. The predicted molar refractivity (Wildman–Crippen MR) is 230 cm³/mol. The zero-order chi connectivity index (χ0) is 42.9. The van der Waals surface area contributed by atoms with Crippen molar-refractivity contribution in [2.75, 3.05) is 26.7 Å². The molecule has 2 aliphatic carbocycles. The second-order valence-corrected chi connectivity index (χ2v) is 18.9. The van der Waals surface area contributed by atoms with E-state index in [4.69, 9.17) is 14.5 Å². The molecule has 3 heterocycles. The first-order valence-corrected chi connectivity index (χ1v) is 22.4. The first kappa shape index (κ1) is 43.3. The minimum atomic E-state index is -2.58. The Morgan fingerprint density at radius 1 is 1.08 bits per heavy atom. The van der Waals surface area contributed by atoms with Crippen LogP contribution in [0.5, 0.6) is 11.5 Å². The zero-order valence-corrected chi connectivity index (χ0v) is 36.2. The van der Waals surface area contributed by atoms with Gasteiger partial charge in [0.05, 0.1) is 30.8 Å². The highest BCUT2D eigenvalue weighted by molar-refractivity contribution is 7.77. The predicted octanol–water partition coefficient (Wildman–Crippen LogP) is 6.54. The van der Waals surface area contributed by atoms with Crippen molar-refractivity contribution in [1.29, 1.82) is 0 Å². The van der Waals surface area contributed by atoms with Crippen molar-refractivity contribution in [3.05, 3.63) is 67.3 Å². The van der Waals surface area contributed by atoms with Crippen molar-refractivity contribution in [3.8, 4) is 22.8 Å². The van der Waals surface area contributed by atoms with E-state index in [2.05, 4.69) is 18.8 Å². The van der Waals surface area contributed by atoms with Crippen molar-refractivity contribution in [1.82, 2.24) is 24.4 Å². The van der Waals surface area contributed by atoms with Crippen LogP contribution in [-0.4, -0.2) is 102 Å². The summed E-state index contributed by atoms with van der Waals surface area (Å²) in [6.45, 7) is 13.2. The average Bonchev–Trinajstić information content (AvgIpc) is 4.15. The van der Waals surface area contributed by atoms with Gasteiger partial charge < -0.3 is 24.6 Å². The number of likely N-dealkylation sites (tertiary alicyclic amines) is 2. The number of carbonyl (C=O) groups excluding carboxylic acids is 4. The largest absolute Gasteiger partial charge is 0.497 e. The molecule has 60 heavy (non-hydrogen) atoms. The molecule has 0 bridgehead atoms. The van der Waals surface area contributed by atoms with Gasteiger partial charge in [-0.2, -0.15) is 0 Å². The second-order valence-electron chi connectivity index (χ2n) is 18.1. The lowest BCUT2D eigenvalue weighted by Gasteiger charge is -2.37. The summed E-state index contributed by atoms with van der Waals surface area (Å²) in [5.41, 5.74) is 0.0715. The van der Waals surface area contributed by atoms with Gasteiger partial charge in [0.2, 0.25) is 17.7 Å². The fraction of sp³-hybridized carbons (Fsp3) is 0.543. The maximum absolute atomic E-state index is 15.0. The lowest BCUT2D eigenvalue weighted by molar-refractivity contribution is -0.149. The van der Waals surface area contributed by atoms with Crippen molar-refractivity contribution < 1.29 is 37.4 Å². The van der Waals surface area contributed by atoms with Crippen LogP contribution in [0.4, 0.5) is 0 Å². The quantitative estimate of drug-likeness (QED) is 0.128. The van der Waals surface area contributed by atoms with E-state index in [1.54, 1.807) is 13.2 Å². The molecule has 4 fully saturated rings. The standard InChI is InChI=1S/C46H59N5O8S/c1-7-12-29-19-21-49(22-20-29)41(52)25-36(45(3,4)5)43(54)50-28-34(24-39(50)42(53)48-46(27-31(46)8-2)44(55)51(60(56)57)32-15-16-32)59-40-26-37(30-13-10-9-11-14-30)47-38-23-33(58-6)17-18-35(38)40/h8-11,13-14,17-18,23,26,29,31-32,34,36,39H,2,7,12,15-16,19-22,24-25,27-28H2,1,3-6H3,(H,48,53)(H,56,57)/t31?,34-,36-,39+,46?/m1/s1. The second kappa shape index (κ2) is 17.6. The molecule has 322 valence electrons. The molecule has 4 aliphatic rings. The van der Waals surface area contributed by atoms with Crippen LogP contribution >= 0.6 is 0 Å². The molecule has 0 radical (unpaired) electrons. The molecule has 3 unspecified atom stereocenters. The molecule has 1 aromatic heterocycles. The number of methoxy groups -OCH3 is 1. The third-order valence-corrected chi connectivity index (χ3v) is 13.7. The molecule has 2 aromatic carbocycles. The van der Waals surface area contributed by atoms with Crippen LogP contribution in [0.15, 0.2) is 67.3 Å². The van der Waals surface area contributed by atoms with Gasteiger partial charge in [-0.1, -0.05) is 76.9 Å². The topological polar surface area (TPSA) is 159 Å². The average molecular weight is 842 g/mol. The fourth-order valence-electron chi connectivity index (χ4n) is 9.05. The molecule has 13 nitrogen and oxygen atoms in total. The number of aromatic nitrogens is 1. The van der Waals surface area contributed by atoms with E-state index in [1.807, 2.05) is 80.3 Å². The van der Waals surface area contributed by atoms with Gasteiger partial charge in [-0.25, -0.2) is 13.5 Å². The van der Waals surface area contributed by atoms with Crippen molar-refractivity contribution in [3.63, 3.8) is 0 Å². The van der Waals surface area contributed by atoms with Crippen LogP contribution in [0.3, 0.4) is 0 Å². The van der Waals surface area contributed by atoms with E-state index in [0.29, 0.717) is 54.6 Å². The molecule has 2 saturated carbocycles. The Hall–Kier alpha value is -4.82. The van der Waals surface area contributed by atoms with Crippen LogP contribution < -0.4 is 14.8 Å². The van der Waals surface area contributed by atoms with Gasteiger partial charge in [0.25, 0.3) is 17.2 Å². The summed E-state index contributed by atoms with van der Waals surface area (Å²) in [5.74, 6) is -1.12. The minimum Gasteiger partial charge on any atom is -0.497 e. The highest BCUT2D eigenvalue weighted by Gasteiger charge is 2.64. The Bertz CT molecular complexity index is 2130. The van der Waals surface area contributed by atoms with Crippen molar-refractivity contribution in [2.24, 2.45) is 23.2 Å². The SMILES string of the molecule is C=CC1CC1(NC(=O)[C@@H]1C[C@@H](Oc2cc(-c3ccccc3)nc3cc(OC)ccc23)CN1C(=O)[C@@H](CC(=O)N1CCC(CCC)CC1)C(C)(C)C)C(=O)N(C1CC1)S(=O)O. The summed E-state index contributed by atoms with van der Waals surface area (Å²) in [6, 6.07) is 15.6. The number of nitrogens with zero attached hydrogens (tertiary/aromatic N) is 4. The lowest BCUT2D eigenvalue weighted by atomic mass is 9.77. The monoisotopic (exact) mass is 841 g/mol. The third-order valence-electron chi connectivity index (χ3n) is 12.9. The van der Waals surface area contributed by atoms with E-state index in [9.17, 15) is 23.1 Å². The summed E-state index contributed by atoms with van der Waals surface area (Å²) in [5, 5.41) is 3.68. The number of carbonyl (C=O) groups is 4. The number of hydrogen-bond acceptors (Lipinski definition) is 8. The fourth-order valence-corrected chi connectivity index (χ4v) is 9.82. The Balaban J connectivity index is 1.20. The number of pyridine rings is 1. The number of ether oxygens (including phenoxy) is 2. The van der Waals surface area contributed by atoms with Gasteiger partial charge in [-0.05, 0) is 55.6 Å². The van der Waals surface area contributed by atoms with E-state index in [-0.39, 0.29) is 43.7 Å². The lowest BCUT2D eigenvalue weighted by Crippen LogP contribution is -2.57. The third kappa shape index (κ3) is 9.09. The Morgan fingerprint density at radius 3 is 2.40 bits per heavy atom. The van der Waals surface area contributed by atoms with Crippen LogP contribution in [0.2, 0.25) is 0 Å². The van der Waals surface area contributed by atoms with Crippen molar-refractivity contribution >= 4 is 45.8 Å². The highest BCUT2D eigenvalue weighted by atomic mass is 32.2. The van der Waals surface area contributed by atoms with Gasteiger partial charge in [0.15, 0.2) is 0 Å². The Labute approximate surface area is 355 Å². The first-order valence-electron chi connectivity index (χ1n) is 21.4. The summed E-state index contributed by atoms with van der Waals surface area (Å²) in [7, 11) is 1.59. The Morgan fingerprint density at radius 2 is 1.80 bits per heavy atom. The molecule has 4 amide bonds. The molecule has 2 aliphatic heterocycles. The molecule has 2 N–H and O–H groups in total. The van der Waals surface area contributed by atoms with Gasteiger partial charge in [-0.15, -0.1) is 6.58 Å². The molecule has 2 saturated heterocycles. The Kier molecular flexibility index (Phi) is 12.7. The van der Waals surface area contributed by atoms with Crippen LogP contribution in [0, 0.1) is 23.2 Å². The van der Waals surface area contributed by atoms with E-state index in [1.165, 1.54) is 4.90 Å². The van der Waals surface area contributed by atoms with E-state index >= 15 is 4.79 Å². The molecular formula is C46H59N5O8S. The van der Waals surface area contributed by atoms with Gasteiger partial charge in [-0.3, -0.25) is 23.7 Å². The zero-order valence-electron chi connectivity index (χ0n) is 35.4. The summed E-state index contributed by atoms with van der Waals surface area (Å²) in [6.07, 6.45) is 6.53. The molecule has 6 atom stereocenters. The number of nitrogens with one attached hydrogen (secondary N) is 1. The maximum atomic E-state index is 15.0. The number of piperidine rings is 1. The van der Waals surface area contributed by atoms with Gasteiger partial charge in [0.1, 0.15) is 29.2 Å². The maximum Gasteiger partial charge on any atom is 0.264 e. The number of hydrogen-bond donors (Lipinski definition) is 2. The summed E-state index contributed by atoms with van der Waals surface area (Å²) in [4.78, 5) is 66.0. The number of benzene rings is 2. The van der Waals surface area contributed by atoms with Crippen molar-refractivity contribution in [2.45, 2.75) is 109 Å². The minimum absolute atomic E-state index is 0.00593. The molecule has 14 heteroatoms. The highest BCUT2D eigenvalue weighted by Crippen LogP contribution is 2.48. The number of fused-ring (bicyclic) bond motifs is 1. The molecule has 0 spiro atoms. The van der Waals surface area contributed by atoms with E-state index in [0.717, 1.165) is 40.9 Å². The first-order chi connectivity index (χ1) is 28.7.